The third kappa shape index (κ3) is 3.49. The van der Waals surface area contributed by atoms with Crippen molar-refractivity contribution in [2.75, 3.05) is 12.4 Å². The first-order chi connectivity index (χ1) is 11.2. The smallest absolute Gasteiger partial charge is 0.261 e. The Balaban J connectivity index is 1.80. The monoisotopic (exact) mass is 345 g/mol. The minimum Gasteiger partial charge on any atom is -0.496 e. The Morgan fingerprint density at radius 2 is 1.96 bits per heavy atom. The van der Waals surface area contributed by atoms with Gasteiger partial charge in [0.1, 0.15) is 10.8 Å². The van der Waals surface area contributed by atoms with E-state index in [0.29, 0.717) is 21.5 Å². The lowest BCUT2D eigenvalue weighted by Gasteiger charge is -2.07. The van der Waals surface area contributed by atoms with Gasteiger partial charge in [0.25, 0.3) is 5.91 Å². The number of hydrogen-bond donors (Lipinski definition) is 1. The molecule has 0 spiro atoms. The highest BCUT2D eigenvalue weighted by Crippen LogP contribution is 2.28. The first-order valence-electron chi connectivity index (χ1n) is 6.71. The zero-order chi connectivity index (χ0) is 16.2. The van der Waals surface area contributed by atoms with Crippen molar-refractivity contribution in [2.24, 2.45) is 0 Å². The molecule has 1 amide bonds. The number of rotatable bonds is 4. The number of ether oxygens (including phenoxy) is 1. The van der Waals surface area contributed by atoms with Crippen LogP contribution in [0.25, 0.3) is 10.6 Å². The molecule has 0 saturated heterocycles. The average Bonchev–Trinajstić information content (AvgIpc) is 3.04. The van der Waals surface area contributed by atoms with Crippen molar-refractivity contribution in [3.63, 3.8) is 0 Å². The maximum Gasteiger partial charge on any atom is 0.261 e. The normalized spacial score (nSPS) is 10.3. The number of halogens is 1. The van der Waals surface area contributed by atoms with Gasteiger partial charge in [-0.05, 0) is 18.2 Å². The second-order valence-corrected chi connectivity index (χ2v) is 5.99. The Kier molecular flexibility index (Phi) is 4.55. The minimum absolute atomic E-state index is 0.325. The van der Waals surface area contributed by atoms with Gasteiger partial charge in [0.15, 0.2) is 0 Å². The summed E-state index contributed by atoms with van der Waals surface area (Å²) in [6.07, 6.45) is 0. The molecule has 0 aliphatic rings. The number of carbonyl (C=O) groups excluding carboxylic acids is 1. The summed E-state index contributed by atoms with van der Waals surface area (Å²) in [6.45, 7) is 0. The van der Waals surface area contributed by atoms with Crippen molar-refractivity contribution in [1.29, 1.82) is 0 Å². The second kappa shape index (κ2) is 6.76. The first-order valence-corrected chi connectivity index (χ1v) is 7.90. The Morgan fingerprint density at radius 1 is 1.17 bits per heavy atom. The van der Waals surface area contributed by atoms with E-state index in [9.17, 15) is 4.79 Å². The summed E-state index contributed by atoms with van der Waals surface area (Å²) in [7, 11) is 1.49. The predicted molar refractivity (Wildman–Crippen MR) is 91.3 cm³/mol. The summed E-state index contributed by atoms with van der Waals surface area (Å²) < 4.78 is 5.18. The Hall–Kier alpha value is -2.44. The first kappa shape index (κ1) is 15.5. The molecule has 0 aliphatic heterocycles. The fraction of sp³-hybridized carbons (Fsp3) is 0.0625. The molecule has 0 unspecified atom stereocenters. The topological polar surface area (TPSA) is 64.1 Å². The molecule has 3 aromatic rings. The lowest BCUT2D eigenvalue weighted by atomic mass is 10.2. The summed E-state index contributed by atoms with van der Waals surface area (Å²) in [5.74, 6) is 0.0806. The fourth-order valence-corrected chi connectivity index (χ4v) is 2.89. The average molecular weight is 346 g/mol. The molecule has 23 heavy (non-hydrogen) atoms. The molecular formula is C16H12ClN3O2S. The van der Waals surface area contributed by atoms with Crippen LogP contribution in [0.3, 0.4) is 0 Å². The SMILES string of the molecule is COc1cc(Cl)ccc1C(=O)Nc1nnc(-c2ccccc2)s1. The number of carbonyl (C=O) groups is 1. The molecule has 7 heteroatoms. The van der Waals surface area contributed by atoms with Gasteiger partial charge in [-0.25, -0.2) is 0 Å². The van der Waals surface area contributed by atoms with Crippen LogP contribution in [0.1, 0.15) is 10.4 Å². The summed E-state index contributed by atoms with van der Waals surface area (Å²) in [4.78, 5) is 12.4. The predicted octanol–water partition coefficient (Wildman–Crippen LogP) is 4.12. The van der Waals surface area contributed by atoms with Crippen molar-refractivity contribution in [3.8, 4) is 16.3 Å². The van der Waals surface area contributed by atoms with E-state index < -0.39 is 0 Å². The van der Waals surface area contributed by atoms with Gasteiger partial charge in [-0.1, -0.05) is 53.3 Å². The molecule has 0 bridgehead atoms. The molecule has 116 valence electrons. The van der Waals surface area contributed by atoms with Gasteiger partial charge in [0.05, 0.1) is 12.7 Å². The van der Waals surface area contributed by atoms with Crippen molar-refractivity contribution < 1.29 is 9.53 Å². The van der Waals surface area contributed by atoms with E-state index in [1.54, 1.807) is 18.2 Å². The number of nitrogens with zero attached hydrogens (tertiary/aromatic N) is 2. The van der Waals surface area contributed by atoms with Gasteiger partial charge in [0.2, 0.25) is 5.13 Å². The van der Waals surface area contributed by atoms with Gasteiger partial charge in [-0.15, -0.1) is 10.2 Å². The van der Waals surface area contributed by atoms with E-state index in [1.165, 1.54) is 18.4 Å². The van der Waals surface area contributed by atoms with E-state index in [1.807, 2.05) is 30.3 Å². The van der Waals surface area contributed by atoms with Crippen LogP contribution in [0.15, 0.2) is 48.5 Å². The highest BCUT2D eigenvalue weighted by molar-refractivity contribution is 7.18. The van der Waals surface area contributed by atoms with Gasteiger partial charge in [-0.2, -0.15) is 0 Å². The number of aromatic nitrogens is 2. The lowest BCUT2D eigenvalue weighted by Crippen LogP contribution is -2.13. The van der Waals surface area contributed by atoms with E-state index in [2.05, 4.69) is 15.5 Å². The van der Waals surface area contributed by atoms with E-state index in [0.717, 1.165) is 10.6 Å². The molecule has 0 radical (unpaired) electrons. The van der Waals surface area contributed by atoms with Crippen LogP contribution >= 0.6 is 22.9 Å². The number of benzene rings is 2. The quantitative estimate of drug-likeness (QED) is 0.772. The molecule has 1 aromatic heterocycles. The molecule has 0 atom stereocenters. The molecule has 0 fully saturated rings. The molecule has 0 aliphatic carbocycles. The molecule has 5 nitrogen and oxygen atoms in total. The summed E-state index contributed by atoms with van der Waals surface area (Å²) in [6, 6.07) is 14.5. The number of hydrogen-bond acceptors (Lipinski definition) is 5. The van der Waals surface area contributed by atoms with Crippen LogP contribution in [-0.4, -0.2) is 23.2 Å². The van der Waals surface area contributed by atoms with Gasteiger partial charge in [-0.3, -0.25) is 10.1 Å². The van der Waals surface area contributed by atoms with Crippen LogP contribution in [0.5, 0.6) is 5.75 Å². The summed E-state index contributed by atoms with van der Waals surface area (Å²) >= 11 is 7.20. The van der Waals surface area contributed by atoms with Crippen molar-refractivity contribution in [3.05, 3.63) is 59.1 Å². The second-order valence-electron chi connectivity index (χ2n) is 4.58. The number of methoxy groups -OCH3 is 1. The number of anilines is 1. The fourth-order valence-electron chi connectivity index (χ4n) is 1.99. The minimum atomic E-state index is -0.325. The molecule has 1 N–H and O–H groups in total. The van der Waals surface area contributed by atoms with Gasteiger partial charge in [0, 0.05) is 10.6 Å². The molecule has 3 rings (SSSR count). The molecule has 0 saturated carbocycles. The van der Waals surface area contributed by atoms with E-state index in [-0.39, 0.29) is 5.91 Å². The third-order valence-corrected chi connectivity index (χ3v) is 4.20. The molecule has 2 aromatic carbocycles. The standard InChI is InChI=1S/C16H12ClN3O2S/c1-22-13-9-11(17)7-8-12(13)14(21)18-16-20-19-15(23-16)10-5-3-2-4-6-10/h2-9H,1H3,(H,18,20,21). The zero-order valence-corrected chi connectivity index (χ0v) is 13.7. The van der Waals surface area contributed by atoms with Crippen LogP contribution in [0.4, 0.5) is 5.13 Å². The van der Waals surface area contributed by atoms with Crippen molar-refractivity contribution in [1.82, 2.24) is 10.2 Å². The van der Waals surface area contributed by atoms with Crippen molar-refractivity contribution >= 4 is 34.0 Å². The van der Waals surface area contributed by atoms with Crippen LogP contribution in [-0.2, 0) is 0 Å². The number of nitrogens with one attached hydrogen (secondary N) is 1. The summed E-state index contributed by atoms with van der Waals surface area (Å²) in [5, 5.41) is 12.5. The van der Waals surface area contributed by atoms with Gasteiger partial charge < -0.3 is 4.74 Å². The zero-order valence-electron chi connectivity index (χ0n) is 12.1. The van der Waals surface area contributed by atoms with Crippen molar-refractivity contribution in [2.45, 2.75) is 0 Å². The van der Waals surface area contributed by atoms with Crippen LogP contribution < -0.4 is 10.1 Å². The Bertz CT molecular complexity index is 836. The Labute approximate surface area is 141 Å². The molecular weight excluding hydrogens is 334 g/mol. The maximum atomic E-state index is 12.4. The highest BCUT2D eigenvalue weighted by atomic mass is 35.5. The molecule has 1 heterocycles. The van der Waals surface area contributed by atoms with Crippen LogP contribution in [0, 0.1) is 0 Å². The van der Waals surface area contributed by atoms with Gasteiger partial charge >= 0.3 is 0 Å². The highest BCUT2D eigenvalue weighted by Gasteiger charge is 2.15. The number of amides is 1. The van der Waals surface area contributed by atoms with E-state index >= 15 is 0 Å². The Morgan fingerprint density at radius 3 is 2.70 bits per heavy atom. The summed E-state index contributed by atoms with van der Waals surface area (Å²) in [5.41, 5.74) is 1.34. The third-order valence-electron chi connectivity index (χ3n) is 3.07. The van der Waals surface area contributed by atoms with Crippen LogP contribution in [0.2, 0.25) is 5.02 Å². The lowest BCUT2D eigenvalue weighted by molar-refractivity contribution is 0.102. The van der Waals surface area contributed by atoms with E-state index in [4.69, 9.17) is 16.3 Å². The maximum absolute atomic E-state index is 12.4. The largest absolute Gasteiger partial charge is 0.496 e.